The van der Waals surface area contributed by atoms with Gasteiger partial charge in [0.1, 0.15) is 0 Å². The van der Waals surface area contributed by atoms with Crippen LogP contribution in [0.25, 0.3) is 0 Å². The number of hydrogen-bond acceptors (Lipinski definition) is 3. The molecule has 100 valence electrons. The number of nitrogens with zero attached hydrogens (tertiary/aromatic N) is 1. The van der Waals surface area contributed by atoms with Crippen molar-refractivity contribution in [3.63, 3.8) is 0 Å². The lowest BCUT2D eigenvalue weighted by Gasteiger charge is -2.19. The molecule has 0 amide bonds. The van der Waals surface area contributed by atoms with E-state index >= 15 is 0 Å². The van der Waals surface area contributed by atoms with E-state index in [0.29, 0.717) is 0 Å². The van der Waals surface area contributed by atoms with E-state index in [9.17, 15) is 0 Å². The van der Waals surface area contributed by atoms with Crippen LogP contribution < -0.4 is 16.4 Å². The lowest BCUT2D eigenvalue weighted by molar-refractivity contribution is 0.591. The number of benzene rings is 1. The number of unbranched alkanes of at least 4 members (excludes halogenated alkanes) is 1. The van der Waals surface area contributed by atoms with Crippen LogP contribution in [0.3, 0.4) is 0 Å². The Hall–Kier alpha value is -1.06. The summed E-state index contributed by atoms with van der Waals surface area (Å²) in [6.45, 7) is 3.16. The van der Waals surface area contributed by atoms with Crippen LogP contribution in [-0.4, -0.2) is 19.6 Å². The molecule has 0 aromatic heterocycles. The summed E-state index contributed by atoms with van der Waals surface area (Å²) in [5.74, 6) is 0. The molecule has 1 aliphatic heterocycles. The Morgan fingerprint density at radius 2 is 1.72 bits per heavy atom. The number of nitrogens with two attached hydrogens (primary N) is 2. The molecule has 1 saturated heterocycles. The SMILES string of the molecule is NCCCC[C@H](N)c1ccc(N2CCCC2)cc1. The first-order valence-corrected chi connectivity index (χ1v) is 7.12. The maximum atomic E-state index is 6.18. The summed E-state index contributed by atoms with van der Waals surface area (Å²) in [6, 6.07) is 8.94. The van der Waals surface area contributed by atoms with Crippen LogP contribution in [-0.2, 0) is 0 Å². The van der Waals surface area contributed by atoms with Crippen molar-refractivity contribution in [3.8, 4) is 0 Å². The summed E-state index contributed by atoms with van der Waals surface area (Å²) in [7, 11) is 0. The van der Waals surface area contributed by atoms with Crippen molar-refractivity contribution in [3.05, 3.63) is 29.8 Å². The first-order chi connectivity index (χ1) is 8.81. The largest absolute Gasteiger partial charge is 0.372 e. The van der Waals surface area contributed by atoms with Crippen LogP contribution in [0.4, 0.5) is 5.69 Å². The second kappa shape index (κ2) is 6.76. The van der Waals surface area contributed by atoms with Gasteiger partial charge in [-0.25, -0.2) is 0 Å². The number of rotatable bonds is 6. The molecule has 1 aromatic rings. The molecule has 1 aliphatic rings. The molecule has 0 bridgehead atoms. The van der Waals surface area contributed by atoms with Crippen molar-refractivity contribution in [2.24, 2.45) is 11.5 Å². The molecular weight excluding hydrogens is 222 g/mol. The lowest BCUT2D eigenvalue weighted by Crippen LogP contribution is -2.17. The second-order valence-corrected chi connectivity index (χ2v) is 5.18. The van der Waals surface area contributed by atoms with Crippen molar-refractivity contribution < 1.29 is 0 Å². The normalized spacial score (nSPS) is 17.1. The Balaban J connectivity index is 1.89. The maximum Gasteiger partial charge on any atom is 0.0366 e. The molecule has 18 heavy (non-hydrogen) atoms. The summed E-state index contributed by atoms with van der Waals surface area (Å²) in [4.78, 5) is 2.45. The summed E-state index contributed by atoms with van der Waals surface area (Å²) >= 11 is 0. The van der Waals surface area contributed by atoms with Gasteiger partial charge in [-0.1, -0.05) is 18.6 Å². The van der Waals surface area contributed by atoms with E-state index < -0.39 is 0 Å². The zero-order chi connectivity index (χ0) is 12.8. The highest BCUT2D eigenvalue weighted by molar-refractivity contribution is 5.48. The van der Waals surface area contributed by atoms with Gasteiger partial charge in [0.2, 0.25) is 0 Å². The van der Waals surface area contributed by atoms with Crippen LogP contribution in [0.1, 0.15) is 43.7 Å². The van der Waals surface area contributed by atoms with Crippen LogP contribution in [0.5, 0.6) is 0 Å². The average molecular weight is 247 g/mol. The number of anilines is 1. The minimum Gasteiger partial charge on any atom is -0.372 e. The second-order valence-electron chi connectivity index (χ2n) is 5.18. The molecule has 0 radical (unpaired) electrons. The zero-order valence-electron chi connectivity index (χ0n) is 11.1. The highest BCUT2D eigenvalue weighted by Crippen LogP contribution is 2.23. The van der Waals surface area contributed by atoms with Crippen LogP contribution in [0, 0.1) is 0 Å². The van der Waals surface area contributed by atoms with Gasteiger partial charge in [0, 0.05) is 24.8 Å². The maximum absolute atomic E-state index is 6.18. The van der Waals surface area contributed by atoms with E-state index in [-0.39, 0.29) is 6.04 Å². The lowest BCUT2D eigenvalue weighted by atomic mass is 10.0. The van der Waals surface area contributed by atoms with E-state index in [1.54, 1.807) is 0 Å². The van der Waals surface area contributed by atoms with Gasteiger partial charge in [0.05, 0.1) is 0 Å². The minimum atomic E-state index is 0.157. The van der Waals surface area contributed by atoms with Crippen LogP contribution in [0.2, 0.25) is 0 Å². The topological polar surface area (TPSA) is 55.3 Å². The van der Waals surface area contributed by atoms with Crippen LogP contribution in [0.15, 0.2) is 24.3 Å². The van der Waals surface area contributed by atoms with Crippen molar-refractivity contribution in [1.29, 1.82) is 0 Å². The van der Waals surface area contributed by atoms with E-state index in [4.69, 9.17) is 11.5 Å². The fourth-order valence-electron chi connectivity index (χ4n) is 2.58. The average Bonchev–Trinajstić information content (AvgIpc) is 2.93. The van der Waals surface area contributed by atoms with E-state index in [1.807, 2.05) is 0 Å². The molecule has 0 saturated carbocycles. The standard InChI is InChI=1S/C15H25N3/c16-10-2-1-5-15(17)13-6-8-14(9-7-13)18-11-3-4-12-18/h6-9,15H,1-5,10-12,16-17H2/t15-/m0/s1. The Bertz CT molecular complexity index is 341. The van der Waals surface area contributed by atoms with Crippen molar-refractivity contribution >= 4 is 5.69 Å². The number of hydrogen-bond donors (Lipinski definition) is 2. The molecule has 0 spiro atoms. The Kier molecular flexibility index (Phi) is 5.02. The molecule has 3 heteroatoms. The Labute approximate surface area is 110 Å². The van der Waals surface area contributed by atoms with E-state index in [2.05, 4.69) is 29.2 Å². The fourth-order valence-corrected chi connectivity index (χ4v) is 2.58. The van der Waals surface area contributed by atoms with Gasteiger partial charge in [-0.15, -0.1) is 0 Å². The molecule has 1 fully saturated rings. The quantitative estimate of drug-likeness (QED) is 0.759. The van der Waals surface area contributed by atoms with Gasteiger partial charge in [-0.3, -0.25) is 0 Å². The monoisotopic (exact) mass is 247 g/mol. The van der Waals surface area contributed by atoms with Crippen molar-refractivity contribution in [2.45, 2.75) is 38.1 Å². The Morgan fingerprint density at radius 3 is 2.33 bits per heavy atom. The highest BCUT2D eigenvalue weighted by Gasteiger charge is 2.12. The fraction of sp³-hybridized carbons (Fsp3) is 0.600. The molecule has 3 nitrogen and oxygen atoms in total. The van der Waals surface area contributed by atoms with Crippen molar-refractivity contribution in [1.82, 2.24) is 0 Å². The molecule has 1 aromatic carbocycles. The smallest absolute Gasteiger partial charge is 0.0366 e. The third-order valence-electron chi connectivity index (χ3n) is 3.76. The molecule has 0 unspecified atom stereocenters. The zero-order valence-corrected chi connectivity index (χ0v) is 11.1. The predicted molar refractivity (Wildman–Crippen MR) is 77.7 cm³/mol. The third-order valence-corrected chi connectivity index (χ3v) is 3.76. The summed E-state index contributed by atoms with van der Waals surface area (Å²) in [5, 5.41) is 0. The van der Waals surface area contributed by atoms with Crippen LogP contribution >= 0.6 is 0 Å². The molecule has 1 heterocycles. The van der Waals surface area contributed by atoms with Gasteiger partial charge in [-0.2, -0.15) is 0 Å². The Morgan fingerprint density at radius 1 is 1.06 bits per heavy atom. The minimum absolute atomic E-state index is 0.157. The van der Waals surface area contributed by atoms with Gasteiger partial charge >= 0.3 is 0 Å². The molecule has 4 N–H and O–H groups in total. The molecule has 0 aliphatic carbocycles. The summed E-state index contributed by atoms with van der Waals surface area (Å²) < 4.78 is 0. The van der Waals surface area contributed by atoms with Gasteiger partial charge < -0.3 is 16.4 Å². The van der Waals surface area contributed by atoms with Gasteiger partial charge in [0.25, 0.3) is 0 Å². The van der Waals surface area contributed by atoms with E-state index in [1.165, 1.54) is 37.2 Å². The summed E-state index contributed by atoms with van der Waals surface area (Å²) in [5.41, 5.74) is 14.3. The molecular formula is C15H25N3. The molecule has 2 rings (SSSR count). The first kappa shape index (κ1) is 13.4. The summed E-state index contributed by atoms with van der Waals surface area (Å²) in [6.07, 6.45) is 5.85. The molecule has 1 atom stereocenters. The highest BCUT2D eigenvalue weighted by atomic mass is 15.1. The van der Waals surface area contributed by atoms with Gasteiger partial charge in [0.15, 0.2) is 0 Å². The van der Waals surface area contributed by atoms with E-state index in [0.717, 1.165) is 25.8 Å². The third kappa shape index (κ3) is 3.47. The van der Waals surface area contributed by atoms with Crippen molar-refractivity contribution in [2.75, 3.05) is 24.5 Å². The predicted octanol–water partition coefficient (Wildman–Crippen LogP) is 2.42. The first-order valence-electron chi connectivity index (χ1n) is 7.12. The van der Waals surface area contributed by atoms with Gasteiger partial charge in [-0.05, 0) is 49.9 Å².